The predicted molar refractivity (Wildman–Crippen MR) is 150 cm³/mol. The third-order valence-electron chi connectivity index (χ3n) is 6.39. The van der Waals surface area contributed by atoms with E-state index in [0.717, 1.165) is 12.1 Å². The molecule has 1 atom stereocenters. The number of rotatable bonds is 11. The molecule has 0 bridgehead atoms. The Kier molecular flexibility index (Phi) is 10.4. The summed E-state index contributed by atoms with van der Waals surface area (Å²) in [6, 6.07) is 7.42. The number of carbonyl (C=O) groups is 4. The van der Waals surface area contributed by atoms with Gasteiger partial charge in [-0.2, -0.15) is 0 Å². The van der Waals surface area contributed by atoms with Crippen molar-refractivity contribution in [1.82, 2.24) is 10.6 Å². The highest BCUT2D eigenvalue weighted by Crippen LogP contribution is 2.34. The van der Waals surface area contributed by atoms with E-state index < -0.39 is 47.3 Å². The number of carbonyl (C=O) groups excluding carboxylic acids is 4. The molecule has 0 aliphatic carbocycles. The van der Waals surface area contributed by atoms with Crippen LogP contribution in [0.1, 0.15) is 53.0 Å². The summed E-state index contributed by atoms with van der Waals surface area (Å²) in [5.41, 5.74) is 1.30. The topological polar surface area (TPSA) is 98.8 Å². The first-order valence-corrected chi connectivity index (χ1v) is 13.7. The molecule has 0 fully saturated rings. The maximum atomic E-state index is 13.8. The van der Waals surface area contributed by atoms with Crippen molar-refractivity contribution in [3.63, 3.8) is 0 Å². The third kappa shape index (κ3) is 7.64. The van der Waals surface area contributed by atoms with Crippen LogP contribution in [-0.2, 0) is 25.6 Å². The van der Waals surface area contributed by atoms with Crippen molar-refractivity contribution in [2.24, 2.45) is 11.8 Å². The Bertz CT molecular complexity index is 1180. The van der Waals surface area contributed by atoms with Gasteiger partial charge in [0.15, 0.2) is 6.04 Å². The lowest BCUT2D eigenvalue weighted by molar-refractivity contribution is -0.135. The quantitative estimate of drug-likeness (QED) is 0.409. The van der Waals surface area contributed by atoms with E-state index in [9.17, 15) is 28.0 Å². The Morgan fingerprint density at radius 1 is 0.875 bits per heavy atom. The predicted octanol–water partition coefficient (Wildman–Crippen LogP) is 3.97. The first kappa shape index (κ1) is 30.7. The van der Waals surface area contributed by atoms with Gasteiger partial charge >= 0.3 is 0 Å². The summed E-state index contributed by atoms with van der Waals surface area (Å²) in [5.74, 6) is -3.87. The van der Waals surface area contributed by atoms with E-state index in [4.69, 9.17) is 0 Å². The zero-order valence-corrected chi connectivity index (χ0v) is 23.7. The van der Waals surface area contributed by atoms with E-state index in [1.54, 1.807) is 24.3 Å². The molecule has 0 unspecified atom stereocenters. The number of hydrogen-bond donors (Lipinski definition) is 2. The molecule has 0 aromatic heterocycles. The minimum Gasteiger partial charge on any atom is -0.344 e. The van der Waals surface area contributed by atoms with Crippen LogP contribution in [0.15, 0.2) is 42.5 Å². The lowest BCUT2D eigenvalue weighted by atomic mass is 10.1. The summed E-state index contributed by atoms with van der Waals surface area (Å²) in [7, 11) is 0. The van der Waals surface area contributed by atoms with Crippen molar-refractivity contribution in [2.75, 3.05) is 22.9 Å². The first-order chi connectivity index (χ1) is 18.9. The molecule has 40 heavy (non-hydrogen) atoms. The third-order valence-corrected chi connectivity index (χ3v) is 6.39. The van der Waals surface area contributed by atoms with E-state index in [1.807, 2.05) is 34.6 Å². The van der Waals surface area contributed by atoms with Gasteiger partial charge in [0.1, 0.15) is 17.7 Å². The van der Waals surface area contributed by atoms with E-state index in [0.29, 0.717) is 37.0 Å². The molecule has 0 saturated carbocycles. The van der Waals surface area contributed by atoms with E-state index in [1.165, 1.54) is 9.80 Å². The van der Waals surface area contributed by atoms with Gasteiger partial charge in [-0.05, 0) is 48.1 Å². The largest absolute Gasteiger partial charge is 0.344 e. The monoisotopic (exact) mass is 556 g/mol. The SMILES string of the molecule is CCC[C@H](NC(=O)Cc1cc(F)cc(F)c1)C(=O)NC1C(=O)N(CC(C)C)c2ccccc2N(CC(C)C)C1=O. The number of benzene rings is 2. The second-order valence-corrected chi connectivity index (χ2v) is 11.0. The van der Waals surface area contributed by atoms with Crippen molar-refractivity contribution < 1.29 is 28.0 Å². The van der Waals surface area contributed by atoms with Crippen LogP contribution >= 0.6 is 0 Å². The minimum atomic E-state index is -1.49. The molecule has 0 saturated heterocycles. The molecule has 2 aromatic carbocycles. The molecule has 8 nitrogen and oxygen atoms in total. The summed E-state index contributed by atoms with van der Waals surface area (Å²) in [6.45, 7) is 10.3. The van der Waals surface area contributed by atoms with E-state index >= 15 is 0 Å². The van der Waals surface area contributed by atoms with Crippen LogP contribution in [0.3, 0.4) is 0 Å². The lowest BCUT2D eigenvalue weighted by Gasteiger charge is -2.27. The van der Waals surface area contributed by atoms with E-state index in [-0.39, 0.29) is 30.2 Å². The second kappa shape index (κ2) is 13.5. The van der Waals surface area contributed by atoms with Gasteiger partial charge in [0.25, 0.3) is 11.8 Å². The van der Waals surface area contributed by atoms with Crippen molar-refractivity contribution in [1.29, 1.82) is 0 Å². The van der Waals surface area contributed by atoms with Gasteiger partial charge in [0.05, 0.1) is 17.8 Å². The summed E-state index contributed by atoms with van der Waals surface area (Å²) in [4.78, 5) is 56.9. The Hall–Kier alpha value is -3.82. The average Bonchev–Trinajstić information content (AvgIpc) is 2.93. The molecule has 2 aromatic rings. The number of para-hydroxylation sites is 2. The van der Waals surface area contributed by atoms with Crippen LogP contribution in [-0.4, -0.2) is 48.8 Å². The molecule has 1 aliphatic heterocycles. The van der Waals surface area contributed by atoms with Gasteiger partial charge in [-0.15, -0.1) is 0 Å². The van der Waals surface area contributed by atoms with Crippen LogP contribution in [0.5, 0.6) is 0 Å². The number of hydrogen-bond acceptors (Lipinski definition) is 4. The van der Waals surface area contributed by atoms with Crippen LogP contribution in [0, 0.1) is 23.5 Å². The molecule has 0 radical (unpaired) electrons. The molecule has 216 valence electrons. The number of halogens is 2. The summed E-state index contributed by atoms with van der Waals surface area (Å²) in [6.07, 6.45) is 0.406. The summed E-state index contributed by atoms with van der Waals surface area (Å²) < 4.78 is 27.1. The fourth-order valence-corrected chi connectivity index (χ4v) is 4.75. The molecular formula is C30H38F2N4O4. The first-order valence-electron chi connectivity index (χ1n) is 13.7. The van der Waals surface area contributed by atoms with Gasteiger partial charge in [-0.3, -0.25) is 19.2 Å². The molecule has 1 aliphatic rings. The Morgan fingerprint density at radius 2 is 1.38 bits per heavy atom. The Labute approximate surface area is 234 Å². The van der Waals surface area contributed by atoms with Crippen LogP contribution < -0.4 is 20.4 Å². The molecule has 1 heterocycles. The summed E-state index contributed by atoms with van der Waals surface area (Å²) >= 11 is 0. The highest BCUT2D eigenvalue weighted by atomic mass is 19.1. The van der Waals surface area contributed by atoms with Gasteiger partial charge in [0, 0.05) is 19.2 Å². The molecule has 0 spiro atoms. The Balaban J connectivity index is 1.88. The van der Waals surface area contributed by atoms with Crippen LogP contribution in [0.25, 0.3) is 0 Å². The van der Waals surface area contributed by atoms with Gasteiger partial charge in [-0.25, -0.2) is 8.78 Å². The highest BCUT2D eigenvalue weighted by molar-refractivity contribution is 6.21. The van der Waals surface area contributed by atoms with Gasteiger partial charge in [-0.1, -0.05) is 53.2 Å². The number of anilines is 2. The lowest BCUT2D eigenvalue weighted by Crippen LogP contribution is -2.59. The molecule has 3 rings (SSSR count). The normalized spacial score (nSPS) is 14.8. The molecule has 4 amide bonds. The molecule has 10 heteroatoms. The van der Waals surface area contributed by atoms with E-state index in [2.05, 4.69) is 10.6 Å². The Morgan fingerprint density at radius 3 is 1.82 bits per heavy atom. The van der Waals surface area contributed by atoms with Crippen molar-refractivity contribution in [3.05, 3.63) is 59.7 Å². The second-order valence-electron chi connectivity index (χ2n) is 11.0. The van der Waals surface area contributed by atoms with Crippen molar-refractivity contribution in [3.8, 4) is 0 Å². The zero-order chi connectivity index (χ0) is 29.6. The zero-order valence-electron chi connectivity index (χ0n) is 23.7. The number of fused-ring (bicyclic) bond motifs is 1. The minimum absolute atomic E-state index is 0.0832. The van der Waals surface area contributed by atoms with Crippen molar-refractivity contribution in [2.45, 2.75) is 66.0 Å². The van der Waals surface area contributed by atoms with Gasteiger partial charge < -0.3 is 20.4 Å². The van der Waals surface area contributed by atoms with Crippen LogP contribution in [0.2, 0.25) is 0 Å². The fourth-order valence-electron chi connectivity index (χ4n) is 4.75. The smallest absolute Gasteiger partial charge is 0.259 e. The number of nitrogens with one attached hydrogen (secondary N) is 2. The maximum Gasteiger partial charge on any atom is 0.259 e. The molecule has 2 N–H and O–H groups in total. The fraction of sp³-hybridized carbons (Fsp3) is 0.467. The van der Waals surface area contributed by atoms with Crippen molar-refractivity contribution >= 4 is 35.0 Å². The standard InChI is InChI=1S/C30H38F2N4O4/c1-6-9-23(33-26(37)14-20-12-21(31)15-22(32)13-20)28(38)34-27-29(39)35(16-18(2)3)24-10-7-8-11-25(24)36(30(27)40)17-19(4)5/h7-8,10-13,15,18-19,23,27H,6,9,14,16-17H2,1-5H3,(H,33,37)(H,34,38)/t23-/m0/s1. The van der Waals surface area contributed by atoms with Gasteiger partial charge in [0.2, 0.25) is 11.8 Å². The summed E-state index contributed by atoms with van der Waals surface area (Å²) in [5, 5.41) is 5.21. The highest BCUT2D eigenvalue weighted by Gasteiger charge is 2.42. The van der Waals surface area contributed by atoms with Crippen LogP contribution in [0.4, 0.5) is 20.2 Å². The molecular weight excluding hydrogens is 518 g/mol. The number of nitrogens with zero attached hydrogens (tertiary/aromatic N) is 2. The number of amides is 4. The maximum absolute atomic E-state index is 13.8. The average molecular weight is 557 g/mol.